The molecule has 1 amide bonds. The number of amides is 1. The van der Waals surface area contributed by atoms with Crippen LogP contribution in [0.15, 0.2) is 60.9 Å². The van der Waals surface area contributed by atoms with E-state index in [0.717, 1.165) is 0 Å². The van der Waals surface area contributed by atoms with Crippen molar-refractivity contribution in [3.05, 3.63) is 94.8 Å². The van der Waals surface area contributed by atoms with E-state index in [4.69, 9.17) is 5.41 Å². The van der Waals surface area contributed by atoms with Gasteiger partial charge in [0.1, 0.15) is 17.5 Å². The van der Waals surface area contributed by atoms with Crippen LogP contribution in [-0.4, -0.2) is 33.4 Å². The van der Waals surface area contributed by atoms with E-state index in [1.807, 2.05) is 0 Å². The second-order valence-corrected chi connectivity index (χ2v) is 7.67. The van der Waals surface area contributed by atoms with Gasteiger partial charge in [0.05, 0.1) is 17.6 Å². The molecule has 0 unspecified atom stereocenters. The average molecular weight is 460 g/mol. The lowest BCUT2D eigenvalue weighted by Crippen LogP contribution is -2.15. The molecule has 34 heavy (non-hydrogen) atoms. The van der Waals surface area contributed by atoms with Crippen molar-refractivity contribution >= 4 is 23.1 Å². The number of nitrogens with zero attached hydrogens (tertiary/aromatic N) is 3. The molecule has 2 aromatic carbocycles. The molecule has 4 aromatic rings. The molecule has 7 nitrogen and oxygen atoms in total. The van der Waals surface area contributed by atoms with E-state index >= 15 is 0 Å². The van der Waals surface area contributed by atoms with Gasteiger partial charge in [-0.25, -0.2) is 8.78 Å². The number of benzene rings is 2. The van der Waals surface area contributed by atoms with Gasteiger partial charge in [-0.15, -0.1) is 0 Å². The van der Waals surface area contributed by atoms with Crippen LogP contribution in [0.1, 0.15) is 27.0 Å². The van der Waals surface area contributed by atoms with Gasteiger partial charge in [-0.05, 0) is 55.0 Å². The number of hydrogen-bond donors (Lipinski definition) is 3. The molecule has 0 aliphatic rings. The zero-order valence-electron chi connectivity index (χ0n) is 18.8. The molecular weight excluding hydrogens is 438 g/mol. The Labute approximate surface area is 195 Å². The van der Waals surface area contributed by atoms with Gasteiger partial charge in [-0.1, -0.05) is 0 Å². The van der Waals surface area contributed by atoms with Crippen molar-refractivity contribution in [1.82, 2.24) is 14.8 Å². The zero-order chi connectivity index (χ0) is 24.4. The van der Waals surface area contributed by atoms with Crippen LogP contribution in [0.3, 0.4) is 0 Å². The highest BCUT2D eigenvalue weighted by Gasteiger charge is 2.18. The van der Waals surface area contributed by atoms with Crippen LogP contribution in [0.2, 0.25) is 0 Å². The van der Waals surface area contributed by atoms with Crippen molar-refractivity contribution in [3.8, 4) is 11.3 Å². The van der Waals surface area contributed by atoms with Crippen molar-refractivity contribution in [2.24, 2.45) is 7.05 Å². The van der Waals surface area contributed by atoms with Gasteiger partial charge in [0.15, 0.2) is 0 Å². The van der Waals surface area contributed by atoms with Gasteiger partial charge in [-0.3, -0.25) is 19.9 Å². The minimum absolute atomic E-state index is 0.134. The molecule has 0 saturated heterocycles. The molecule has 2 aromatic heterocycles. The predicted molar refractivity (Wildman–Crippen MR) is 127 cm³/mol. The third kappa shape index (κ3) is 4.40. The summed E-state index contributed by atoms with van der Waals surface area (Å²) in [4.78, 5) is 17.2. The van der Waals surface area contributed by atoms with Gasteiger partial charge >= 0.3 is 0 Å². The zero-order valence-corrected chi connectivity index (χ0v) is 18.8. The highest BCUT2D eigenvalue weighted by Crippen LogP contribution is 2.30. The fraction of sp³-hybridized carbons (Fsp3) is 0.120. The molecule has 0 atom stereocenters. The normalized spacial score (nSPS) is 10.7. The molecule has 2 heterocycles. The average Bonchev–Trinajstić information content (AvgIpc) is 3.24. The summed E-state index contributed by atoms with van der Waals surface area (Å²) in [7, 11) is 3.39. The number of aromatic nitrogens is 3. The Balaban J connectivity index is 1.71. The summed E-state index contributed by atoms with van der Waals surface area (Å²) in [6, 6.07) is 11.7. The third-order valence-electron chi connectivity index (χ3n) is 5.52. The van der Waals surface area contributed by atoms with Crippen LogP contribution < -0.4 is 10.6 Å². The Hall–Kier alpha value is -4.40. The maximum atomic E-state index is 14.8. The lowest BCUT2D eigenvalue weighted by atomic mass is 9.98. The fourth-order valence-electron chi connectivity index (χ4n) is 3.54. The Bertz CT molecular complexity index is 1400. The Kier molecular flexibility index (Phi) is 6.18. The van der Waals surface area contributed by atoms with Crippen LogP contribution in [0.5, 0.6) is 0 Å². The van der Waals surface area contributed by atoms with Crippen LogP contribution >= 0.6 is 0 Å². The minimum atomic E-state index is -0.538. The first-order chi connectivity index (χ1) is 16.3. The number of carbonyl (C=O) groups is 1. The molecule has 0 aliphatic heterocycles. The predicted octanol–water partition coefficient (Wildman–Crippen LogP) is 4.78. The quantitative estimate of drug-likeness (QED) is 0.361. The van der Waals surface area contributed by atoms with Crippen LogP contribution in [0.4, 0.5) is 20.3 Å². The molecule has 0 fully saturated rings. The molecular formula is C25H22F2N6O. The van der Waals surface area contributed by atoms with Crippen molar-refractivity contribution in [1.29, 1.82) is 5.41 Å². The van der Waals surface area contributed by atoms with Gasteiger partial charge in [0.2, 0.25) is 0 Å². The van der Waals surface area contributed by atoms with Crippen molar-refractivity contribution in [3.63, 3.8) is 0 Å². The van der Waals surface area contributed by atoms with Gasteiger partial charge in [0.25, 0.3) is 5.91 Å². The number of carbonyl (C=O) groups excluding carboxylic acids is 1. The summed E-state index contributed by atoms with van der Waals surface area (Å²) in [6.07, 6.45) is 3.05. The molecule has 0 saturated carbocycles. The summed E-state index contributed by atoms with van der Waals surface area (Å²) in [5, 5.41) is 18.3. The van der Waals surface area contributed by atoms with E-state index in [9.17, 15) is 13.6 Å². The summed E-state index contributed by atoms with van der Waals surface area (Å²) in [6.45, 7) is 1.61. The molecule has 172 valence electrons. The summed E-state index contributed by atoms with van der Waals surface area (Å²) in [5.74, 6) is -0.925. The van der Waals surface area contributed by atoms with Gasteiger partial charge in [0, 0.05) is 54.3 Å². The molecule has 0 aliphatic carbocycles. The van der Waals surface area contributed by atoms with E-state index in [0.29, 0.717) is 39.5 Å². The minimum Gasteiger partial charge on any atom is -0.387 e. The maximum Gasteiger partial charge on any atom is 0.256 e. The molecule has 9 heteroatoms. The number of rotatable bonds is 6. The third-order valence-corrected chi connectivity index (χ3v) is 5.52. The Morgan fingerprint density at radius 3 is 2.44 bits per heavy atom. The number of aryl methyl sites for hydroxylation is 1. The van der Waals surface area contributed by atoms with Crippen molar-refractivity contribution < 1.29 is 13.6 Å². The first-order valence-corrected chi connectivity index (χ1v) is 10.4. The van der Waals surface area contributed by atoms with Crippen molar-refractivity contribution in [2.45, 2.75) is 6.92 Å². The van der Waals surface area contributed by atoms with Gasteiger partial charge in [-0.2, -0.15) is 5.10 Å². The van der Waals surface area contributed by atoms with Crippen LogP contribution in [-0.2, 0) is 7.05 Å². The lowest BCUT2D eigenvalue weighted by molar-refractivity contribution is 0.102. The van der Waals surface area contributed by atoms with E-state index < -0.39 is 11.7 Å². The van der Waals surface area contributed by atoms with Gasteiger partial charge < -0.3 is 10.6 Å². The Morgan fingerprint density at radius 2 is 1.79 bits per heavy atom. The monoisotopic (exact) mass is 460 g/mol. The first kappa shape index (κ1) is 22.8. The smallest absolute Gasteiger partial charge is 0.256 e. The topological polar surface area (TPSA) is 95.7 Å². The van der Waals surface area contributed by atoms with E-state index in [1.165, 1.54) is 41.2 Å². The largest absolute Gasteiger partial charge is 0.387 e. The van der Waals surface area contributed by atoms with Crippen LogP contribution in [0.25, 0.3) is 11.3 Å². The maximum absolute atomic E-state index is 14.8. The standard InChI is InChI=1S/C25H22F2N6O/c1-14-18(10-16(11-20(14)27)25(34)32-23-8-9-31-33(23)3)22-12-21(29-2)19(13-30-22)24(28)15-4-6-17(26)7-5-15/h4-13,28H,1-3H3,(H,29,30)(H,32,34). The van der Waals surface area contributed by atoms with Crippen LogP contribution in [0, 0.1) is 24.0 Å². The fourth-order valence-corrected chi connectivity index (χ4v) is 3.54. The summed E-state index contributed by atoms with van der Waals surface area (Å²) in [5.41, 5.74) is 3.14. The number of pyridine rings is 1. The van der Waals surface area contributed by atoms with E-state index in [1.54, 1.807) is 45.4 Å². The van der Waals surface area contributed by atoms with Crippen molar-refractivity contribution in [2.75, 3.05) is 17.7 Å². The second kappa shape index (κ2) is 9.22. The number of anilines is 2. The SMILES string of the molecule is CNc1cc(-c2cc(C(=O)Nc3ccnn3C)cc(F)c2C)ncc1C(=N)c1ccc(F)cc1. The number of nitrogens with one attached hydrogen (secondary N) is 3. The highest BCUT2D eigenvalue weighted by atomic mass is 19.1. The summed E-state index contributed by atoms with van der Waals surface area (Å²) < 4.78 is 29.5. The molecule has 0 bridgehead atoms. The molecule has 4 rings (SSSR count). The molecule has 0 spiro atoms. The molecule has 0 radical (unpaired) electrons. The Morgan fingerprint density at radius 1 is 1.06 bits per heavy atom. The van der Waals surface area contributed by atoms with E-state index in [2.05, 4.69) is 20.7 Å². The second-order valence-electron chi connectivity index (χ2n) is 7.67. The summed E-state index contributed by atoms with van der Waals surface area (Å²) >= 11 is 0. The lowest BCUT2D eigenvalue weighted by Gasteiger charge is -2.15. The first-order valence-electron chi connectivity index (χ1n) is 10.4. The number of halogens is 2. The number of hydrogen-bond acceptors (Lipinski definition) is 5. The molecule has 3 N–H and O–H groups in total. The van der Waals surface area contributed by atoms with E-state index in [-0.39, 0.29) is 17.1 Å². The highest BCUT2D eigenvalue weighted by molar-refractivity contribution is 6.14.